The van der Waals surface area contributed by atoms with Crippen LogP contribution >= 0.6 is 0 Å². The zero-order chi connectivity index (χ0) is 13.9. The smallest absolute Gasteiger partial charge is 0.304 e. The van der Waals surface area contributed by atoms with E-state index in [-0.39, 0.29) is 6.42 Å². The number of carboxylic acid groups (broad SMARTS) is 1. The van der Waals surface area contributed by atoms with Crippen LogP contribution in [0.4, 0.5) is 5.82 Å². The number of hydrogen-bond donors (Lipinski definition) is 1. The van der Waals surface area contributed by atoms with Crippen molar-refractivity contribution in [3.63, 3.8) is 0 Å². The van der Waals surface area contributed by atoms with Crippen molar-refractivity contribution >= 4 is 17.3 Å². The number of carbonyl (C=O) groups is 1. The lowest BCUT2D eigenvalue weighted by Gasteiger charge is -2.35. The molecule has 0 amide bonds. The van der Waals surface area contributed by atoms with Gasteiger partial charge >= 0.3 is 5.97 Å². The van der Waals surface area contributed by atoms with Gasteiger partial charge in [0.25, 0.3) is 0 Å². The van der Waals surface area contributed by atoms with Gasteiger partial charge in [-0.15, -0.1) is 0 Å². The maximum atomic E-state index is 10.6. The molecular weight excluding hydrogens is 258 g/mol. The zero-order valence-corrected chi connectivity index (χ0v) is 11.1. The Hall–Kier alpha value is -2.15. The van der Waals surface area contributed by atoms with Gasteiger partial charge in [0.2, 0.25) is 0 Å². The Balaban J connectivity index is 1.66. The molecule has 20 heavy (non-hydrogen) atoms. The first kappa shape index (κ1) is 12.9. The molecule has 1 N–H and O–H groups in total. The first-order valence-corrected chi connectivity index (χ1v) is 6.71. The second-order valence-electron chi connectivity index (χ2n) is 4.88. The topological polar surface area (TPSA) is 74.0 Å². The molecule has 3 heterocycles. The highest BCUT2D eigenvalue weighted by atomic mass is 16.4. The molecule has 1 aliphatic rings. The summed E-state index contributed by atoms with van der Waals surface area (Å²) in [6.07, 6.45) is 5.56. The monoisotopic (exact) mass is 275 g/mol. The molecule has 7 nitrogen and oxygen atoms in total. The van der Waals surface area contributed by atoms with Gasteiger partial charge in [0.05, 0.1) is 12.6 Å². The Bertz CT molecular complexity index is 604. The summed E-state index contributed by atoms with van der Waals surface area (Å²) in [6, 6.07) is 1.96. The standard InChI is InChI=1S/C13H17N5O2/c19-12(20)2-5-16-7-9-17(10-8-16)13-11-1-3-15-18(11)6-4-14-13/h1,3-4,6H,2,5,7-10H2,(H,19,20). The van der Waals surface area contributed by atoms with E-state index in [2.05, 4.69) is 19.9 Å². The molecule has 2 aromatic rings. The van der Waals surface area contributed by atoms with Crippen molar-refractivity contribution < 1.29 is 9.90 Å². The lowest BCUT2D eigenvalue weighted by molar-refractivity contribution is -0.137. The van der Waals surface area contributed by atoms with E-state index >= 15 is 0 Å². The second-order valence-corrected chi connectivity index (χ2v) is 4.88. The van der Waals surface area contributed by atoms with E-state index in [1.807, 2.05) is 16.8 Å². The molecule has 0 aliphatic carbocycles. The van der Waals surface area contributed by atoms with Gasteiger partial charge < -0.3 is 10.0 Å². The number of anilines is 1. The number of aliphatic carboxylic acids is 1. The summed E-state index contributed by atoms with van der Waals surface area (Å²) in [4.78, 5) is 19.5. The molecule has 2 aromatic heterocycles. The van der Waals surface area contributed by atoms with E-state index in [0.717, 1.165) is 37.5 Å². The van der Waals surface area contributed by atoms with Crippen LogP contribution < -0.4 is 4.90 Å². The molecule has 0 radical (unpaired) electrons. The maximum absolute atomic E-state index is 10.6. The molecular formula is C13H17N5O2. The minimum atomic E-state index is -0.738. The number of hydrogen-bond acceptors (Lipinski definition) is 5. The predicted molar refractivity (Wildman–Crippen MR) is 73.9 cm³/mol. The fourth-order valence-electron chi connectivity index (χ4n) is 2.52. The zero-order valence-electron chi connectivity index (χ0n) is 11.1. The number of rotatable bonds is 4. The summed E-state index contributed by atoms with van der Waals surface area (Å²) in [5.74, 6) is 0.209. The number of fused-ring (bicyclic) bond motifs is 1. The van der Waals surface area contributed by atoms with Crippen LogP contribution in [0.2, 0.25) is 0 Å². The molecule has 0 spiro atoms. The molecule has 0 bridgehead atoms. The average Bonchev–Trinajstić information content (AvgIpc) is 2.94. The summed E-state index contributed by atoms with van der Waals surface area (Å²) in [6.45, 7) is 4.07. The molecule has 1 aliphatic heterocycles. The van der Waals surface area contributed by atoms with E-state index in [1.165, 1.54) is 0 Å². The van der Waals surface area contributed by atoms with Gasteiger partial charge in [-0.05, 0) is 6.07 Å². The van der Waals surface area contributed by atoms with Crippen molar-refractivity contribution in [2.45, 2.75) is 6.42 Å². The summed E-state index contributed by atoms with van der Waals surface area (Å²) < 4.78 is 1.82. The number of nitrogens with zero attached hydrogens (tertiary/aromatic N) is 5. The van der Waals surface area contributed by atoms with Crippen LogP contribution in [0.15, 0.2) is 24.7 Å². The quantitative estimate of drug-likeness (QED) is 0.866. The Labute approximate surface area is 116 Å². The van der Waals surface area contributed by atoms with Crippen LogP contribution in [0.25, 0.3) is 5.52 Å². The number of carboxylic acids is 1. The van der Waals surface area contributed by atoms with Crippen LogP contribution in [-0.2, 0) is 4.79 Å². The van der Waals surface area contributed by atoms with E-state index in [1.54, 1.807) is 12.4 Å². The fraction of sp³-hybridized carbons (Fsp3) is 0.462. The molecule has 1 fully saturated rings. The number of aromatic nitrogens is 3. The largest absolute Gasteiger partial charge is 0.481 e. The van der Waals surface area contributed by atoms with Gasteiger partial charge in [0.15, 0.2) is 5.82 Å². The van der Waals surface area contributed by atoms with Gasteiger partial charge in [-0.3, -0.25) is 9.69 Å². The highest BCUT2D eigenvalue weighted by Crippen LogP contribution is 2.19. The molecule has 7 heteroatoms. The SMILES string of the molecule is O=C(O)CCN1CCN(c2nccn3nccc23)CC1. The van der Waals surface area contributed by atoms with Crippen molar-refractivity contribution in [1.29, 1.82) is 0 Å². The van der Waals surface area contributed by atoms with E-state index in [0.29, 0.717) is 6.54 Å². The first-order chi connectivity index (χ1) is 9.74. The van der Waals surface area contributed by atoms with Crippen molar-refractivity contribution in [3.05, 3.63) is 24.7 Å². The Morgan fingerprint density at radius 2 is 2.05 bits per heavy atom. The summed E-state index contributed by atoms with van der Waals surface area (Å²) >= 11 is 0. The van der Waals surface area contributed by atoms with E-state index < -0.39 is 5.97 Å². The van der Waals surface area contributed by atoms with Crippen LogP contribution in [0.5, 0.6) is 0 Å². The summed E-state index contributed by atoms with van der Waals surface area (Å²) in [5.41, 5.74) is 1.01. The highest BCUT2D eigenvalue weighted by molar-refractivity contribution is 5.68. The Kier molecular flexibility index (Phi) is 3.51. The number of piperazine rings is 1. The third kappa shape index (κ3) is 2.57. The normalized spacial score (nSPS) is 16.7. The van der Waals surface area contributed by atoms with Gasteiger partial charge in [-0.2, -0.15) is 5.10 Å². The predicted octanol–water partition coefficient (Wildman–Crippen LogP) is 0.326. The summed E-state index contributed by atoms with van der Waals surface area (Å²) in [7, 11) is 0. The third-order valence-corrected chi connectivity index (χ3v) is 3.62. The van der Waals surface area contributed by atoms with Crippen LogP contribution in [0.1, 0.15) is 6.42 Å². The molecule has 0 aromatic carbocycles. The van der Waals surface area contributed by atoms with E-state index in [9.17, 15) is 4.79 Å². The first-order valence-electron chi connectivity index (χ1n) is 6.71. The van der Waals surface area contributed by atoms with Crippen LogP contribution in [-0.4, -0.2) is 63.3 Å². The minimum absolute atomic E-state index is 0.205. The second kappa shape index (κ2) is 5.46. The lowest BCUT2D eigenvalue weighted by Crippen LogP contribution is -2.47. The average molecular weight is 275 g/mol. The molecule has 0 unspecified atom stereocenters. The molecule has 0 saturated carbocycles. The van der Waals surface area contributed by atoms with Gasteiger partial charge in [-0.1, -0.05) is 0 Å². The van der Waals surface area contributed by atoms with Crippen LogP contribution in [0.3, 0.4) is 0 Å². The van der Waals surface area contributed by atoms with Crippen molar-refractivity contribution in [2.24, 2.45) is 0 Å². The van der Waals surface area contributed by atoms with E-state index in [4.69, 9.17) is 5.11 Å². The van der Waals surface area contributed by atoms with Crippen molar-refractivity contribution in [1.82, 2.24) is 19.5 Å². The summed E-state index contributed by atoms with van der Waals surface area (Å²) in [5, 5.41) is 12.9. The molecule has 3 rings (SSSR count). The minimum Gasteiger partial charge on any atom is -0.481 e. The molecule has 106 valence electrons. The van der Waals surface area contributed by atoms with Crippen molar-refractivity contribution in [2.75, 3.05) is 37.6 Å². The molecule has 1 saturated heterocycles. The lowest BCUT2D eigenvalue weighted by atomic mass is 10.2. The van der Waals surface area contributed by atoms with Gasteiger partial charge in [0.1, 0.15) is 5.52 Å². The Morgan fingerprint density at radius 3 is 2.80 bits per heavy atom. The fourth-order valence-corrected chi connectivity index (χ4v) is 2.52. The maximum Gasteiger partial charge on any atom is 0.304 e. The molecule has 0 atom stereocenters. The third-order valence-electron chi connectivity index (χ3n) is 3.62. The van der Waals surface area contributed by atoms with Crippen LogP contribution in [0, 0.1) is 0 Å². The Morgan fingerprint density at radius 1 is 1.25 bits per heavy atom. The van der Waals surface area contributed by atoms with Gasteiger partial charge in [0, 0.05) is 45.1 Å². The van der Waals surface area contributed by atoms with Gasteiger partial charge in [-0.25, -0.2) is 9.50 Å². The highest BCUT2D eigenvalue weighted by Gasteiger charge is 2.20. The van der Waals surface area contributed by atoms with Crippen molar-refractivity contribution in [3.8, 4) is 0 Å².